The van der Waals surface area contributed by atoms with Crippen LogP contribution in [-0.2, 0) is 22.9 Å². The molecule has 0 saturated heterocycles. The van der Waals surface area contributed by atoms with Crippen LogP contribution in [0.25, 0.3) is 11.5 Å². The summed E-state index contributed by atoms with van der Waals surface area (Å²) in [4.78, 5) is 23.1. The van der Waals surface area contributed by atoms with Crippen LogP contribution in [0.1, 0.15) is 23.1 Å². The molecule has 1 atom stereocenters. The third-order valence-electron chi connectivity index (χ3n) is 4.77. The molecule has 2 aromatic heterocycles. The van der Waals surface area contributed by atoms with Gasteiger partial charge in [0.05, 0.1) is 11.1 Å². The first-order chi connectivity index (χ1) is 13.8. The molecule has 3 aromatic rings. The number of fused-ring (bicyclic) bond motifs is 1. The third-order valence-corrected chi connectivity index (χ3v) is 6.23. The highest BCUT2D eigenvalue weighted by Gasteiger charge is 2.34. The molecule has 0 bridgehead atoms. The Bertz CT molecular complexity index is 1200. The van der Waals surface area contributed by atoms with Crippen molar-refractivity contribution >= 4 is 27.3 Å². The number of carbonyl (C=O) groups excluding carboxylic acids is 1. The fourth-order valence-corrected chi connectivity index (χ4v) is 4.18. The van der Waals surface area contributed by atoms with Crippen molar-refractivity contribution in [3.05, 3.63) is 53.2 Å². The van der Waals surface area contributed by atoms with E-state index in [-0.39, 0.29) is 29.2 Å². The van der Waals surface area contributed by atoms with Gasteiger partial charge in [-0.1, -0.05) is 17.7 Å². The van der Waals surface area contributed by atoms with E-state index in [9.17, 15) is 13.2 Å². The van der Waals surface area contributed by atoms with Gasteiger partial charge < -0.3 is 4.90 Å². The van der Waals surface area contributed by atoms with Gasteiger partial charge in [0.2, 0.25) is 5.82 Å². The molecule has 29 heavy (non-hydrogen) atoms. The average molecular weight is 433 g/mol. The molecule has 0 unspecified atom stereocenters. The van der Waals surface area contributed by atoms with E-state index in [0.29, 0.717) is 28.6 Å². The molecule has 0 aliphatic carbocycles. The first-order valence-corrected chi connectivity index (χ1v) is 11.0. The maximum absolute atomic E-state index is 13.0. The summed E-state index contributed by atoms with van der Waals surface area (Å²) in [7, 11) is -3.36. The second kappa shape index (κ2) is 7.20. The summed E-state index contributed by atoms with van der Waals surface area (Å²) in [6.45, 7) is 2.63. The van der Waals surface area contributed by atoms with E-state index in [4.69, 9.17) is 11.6 Å². The molecule has 4 rings (SSSR count). The summed E-state index contributed by atoms with van der Waals surface area (Å²) in [5.74, 6) is 0.422. The summed E-state index contributed by atoms with van der Waals surface area (Å²) in [5, 5.41) is 8.46. The first-order valence-electron chi connectivity index (χ1n) is 8.74. The van der Waals surface area contributed by atoms with Gasteiger partial charge >= 0.3 is 0 Å². The number of carbonyl (C=O) groups is 1. The third kappa shape index (κ3) is 3.60. The summed E-state index contributed by atoms with van der Waals surface area (Å²) in [6.07, 6.45) is 5.81. The molecular weight excluding hydrogens is 416 g/mol. The zero-order chi connectivity index (χ0) is 20.8. The lowest BCUT2D eigenvalue weighted by Gasteiger charge is -2.34. The van der Waals surface area contributed by atoms with E-state index in [0.717, 1.165) is 6.26 Å². The summed E-state index contributed by atoms with van der Waals surface area (Å²) >= 11 is 6.28. The van der Waals surface area contributed by atoms with E-state index in [1.165, 1.54) is 12.1 Å². The van der Waals surface area contributed by atoms with Crippen molar-refractivity contribution in [1.82, 2.24) is 29.6 Å². The molecule has 1 amide bonds. The lowest BCUT2D eigenvalue weighted by molar-refractivity contribution is 0.0588. The monoisotopic (exact) mass is 432 g/mol. The SMILES string of the molecule is C[C@H]1Cn2c(nnc2-c2cnccn2)C(=O)N1Cc1ccc(S(C)(=O)=O)cc1Cl. The average Bonchev–Trinajstić information content (AvgIpc) is 3.10. The smallest absolute Gasteiger partial charge is 0.292 e. The molecule has 0 saturated carbocycles. The Morgan fingerprint density at radius 2 is 1.97 bits per heavy atom. The molecule has 1 aliphatic heterocycles. The van der Waals surface area contributed by atoms with E-state index < -0.39 is 9.84 Å². The normalized spacial score (nSPS) is 16.7. The van der Waals surface area contributed by atoms with Gasteiger partial charge in [-0.3, -0.25) is 14.3 Å². The molecule has 0 spiro atoms. The van der Waals surface area contributed by atoms with Crippen molar-refractivity contribution < 1.29 is 13.2 Å². The highest BCUT2D eigenvalue weighted by Crippen LogP contribution is 2.27. The number of rotatable bonds is 4. The Kier molecular flexibility index (Phi) is 4.83. The Balaban J connectivity index is 1.64. The van der Waals surface area contributed by atoms with Gasteiger partial charge in [0.15, 0.2) is 15.7 Å². The lowest BCUT2D eigenvalue weighted by Crippen LogP contribution is -2.46. The number of amides is 1. The number of sulfone groups is 1. The number of hydrogen-bond donors (Lipinski definition) is 0. The van der Waals surface area contributed by atoms with Crippen LogP contribution in [0.2, 0.25) is 5.02 Å². The summed E-state index contributed by atoms with van der Waals surface area (Å²) < 4.78 is 25.1. The number of benzene rings is 1. The maximum Gasteiger partial charge on any atom is 0.292 e. The number of nitrogens with zero attached hydrogens (tertiary/aromatic N) is 6. The molecule has 0 radical (unpaired) electrons. The topological polar surface area (TPSA) is 111 Å². The number of aromatic nitrogens is 5. The lowest BCUT2D eigenvalue weighted by atomic mass is 10.1. The Hall–Kier alpha value is -2.85. The van der Waals surface area contributed by atoms with Crippen LogP contribution in [-0.4, -0.2) is 56.3 Å². The fourth-order valence-electron chi connectivity index (χ4n) is 3.23. The minimum absolute atomic E-state index is 0.137. The number of halogens is 1. The molecule has 0 N–H and O–H groups in total. The highest BCUT2D eigenvalue weighted by molar-refractivity contribution is 7.90. The van der Waals surface area contributed by atoms with Crippen molar-refractivity contribution in [3.63, 3.8) is 0 Å². The quantitative estimate of drug-likeness (QED) is 0.618. The summed E-state index contributed by atoms with van der Waals surface area (Å²) in [5.41, 5.74) is 1.19. The molecule has 11 heteroatoms. The van der Waals surface area contributed by atoms with Crippen molar-refractivity contribution in [1.29, 1.82) is 0 Å². The standard InChI is InChI=1S/C18H17ClN6O3S/c1-11-9-25-16(15-8-20-5-6-21-15)22-23-17(25)18(26)24(11)10-12-3-4-13(7-14(12)19)29(2,27)28/h3-8,11H,9-10H2,1-2H3/t11-/m0/s1. The van der Waals surface area contributed by atoms with E-state index in [2.05, 4.69) is 20.2 Å². The van der Waals surface area contributed by atoms with Crippen LogP contribution in [0.4, 0.5) is 0 Å². The first kappa shape index (κ1) is 19.5. The predicted molar refractivity (Wildman–Crippen MR) is 105 cm³/mol. The second-order valence-corrected chi connectivity index (χ2v) is 9.28. The molecule has 1 aromatic carbocycles. The minimum atomic E-state index is -3.36. The molecule has 3 heterocycles. The fraction of sp³-hybridized carbons (Fsp3) is 0.278. The Morgan fingerprint density at radius 3 is 2.62 bits per heavy atom. The van der Waals surface area contributed by atoms with Gasteiger partial charge in [-0.05, 0) is 24.6 Å². The van der Waals surface area contributed by atoms with Crippen molar-refractivity contribution in [2.75, 3.05) is 6.26 Å². The molecule has 9 nitrogen and oxygen atoms in total. The van der Waals surface area contributed by atoms with Crippen LogP contribution in [0.5, 0.6) is 0 Å². The second-order valence-electron chi connectivity index (χ2n) is 6.86. The van der Waals surface area contributed by atoms with Gasteiger partial charge in [0.25, 0.3) is 5.91 Å². The highest BCUT2D eigenvalue weighted by atomic mass is 35.5. The molecule has 150 valence electrons. The molecule has 0 fully saturated rings. The summed E-state index contributed by atoms with van der Waals surface area (Å²) in [6, 6.07) is 4.36. The van der Waals surface area contributed by atoms with Gasteiger partial charge in [-0.2, -0.15) is 0 Å². The van der Waals surface area contributed by atoms with Crippen molar-refractivity contribution in [2.24, 2.45) is 0 Å². The van der Waals surface area contributed by atoms with Gasteiger partial charge in [0, 0.05) is 42.8 Å². The molecular formula is C18H17ClN6O3S. The van der Waals surface area contributed by atoms with Crippen LogP contribution in [0.15, 0.2) is 41.7 Å². The maximum atomic E-state index is 13.0. The number of hydrogen-bond acceptors (Lipinski definition) is 7. The van der Waals surface area contributed by atoms with Crippen LogP contribution in [0.3, 0.4) is 0 Å². The zero-order valence-corrected chi connectivity index (χ0v) is 17.2. The van der Waals surface area contributed by atoms with Crippen molar-refractivity contribution in [3.8, 4) is 11.5 Å². The van der Waals surface area contributed by atoms with Crippen LogP contribution >= 0.6 is 11.6 Å². The molecule has 1 aliphatic rings. The largest absolute Gasteiger partial charge is 0.327 e. The predicted octanol–water partition coefficient (Wildman–Crippen LogP) is 1.84. The minimum Gasteiger partial charge on any atom is -0.327 e. The van der Waals surface area contributed by atoms with Gasteiger partial charge in [-0.25, -0.2) is 13.4 Å². The van der Waals surface area contributed by atoms with E-state index >= 15 is 0 Å². The Morgan fingerprint density at radius 1 is 1.21 bits per heavy atom. The van der Waals surface area contributed by atoms with Gasteiger partial charge in [-0.15, -0.1) is 10.2 Å². The van der Waals surface area contributed by atoms with Gasteiger partial charge in [0.1, 0.15) is 5.69 Å². The van der Waals surface area contributed by atoms with Crippen LogP contribution < -0.4 is 0 Å². The van der Waals surface area contributed by atoms with Crippen LogP contribution in [0, 0.1) is 0 Å². The van der Waals surface area contributed by atoms with E-state index in [1.54, 1.807) is 34.1 Å². The van der Waals surface area contributed by atoms with E-state index in [1.807, 2.05) is 6.92 Å². The Labute approximate surface area is 172 Å². The van der Waals surface area contributed by atoms with Crippen molar-refractivity contribution in [2.45, 2.75) is 31.0 Å². The zero-order valence-electron chi connectivity index (χ0n) is 15.6.